The summed E-state index contributed by atoms with van der Waals surface area (Å²) in [7, 11) is 2.99. The van der Waals surface area contributed by atoms with Crippen molar-refractivity contribution < 1.29 is 6.51 Å². The summed E-state index contributed by atoms with van der Waals surface area (Å²) in [5.41, 5.74) is 2.46. The van der Waals surface area contributed by atoms with Gasteiger partial charge in [0.15, 0.2) is 0 Å². The summed E-state index contributed by atoms with van der Waals surface area (Å²) in [5, 5.41) is 9.49. The van der Waals surface area contributed by atoms with E-state index in [1.807, 2.05) is 6.16 Å². The number of rotatable bonds is 8. The van der Waals surface area contributed by atoms with Crippen LogP contribution in [-0.2, 0) is 6.51 Å². The molecule has 0 radical (unpaired) electrons. The molecule has 12 heterocycles. The van der Waals surface area contributed by atoms with Gasteiger partial charge in [0.05, 0.1) is 0 Å². The normalized spacial score (nSPS) is 81.0. The molecule has 6 heteroatoms. The van der Waals surface area contributed by atoms with Gasteiger partial charge in [0.1, 0.15) is 0 Å². The number of hydrogen-bond acceptors (Lipinski definition) is 2. The van der Waals surface area contributed by atoms with Crippen molar-refractivity contribution in [2.75, 3.05) is 19.3 Å². The summed E-state index contributed by atoms with van der Waals surface area (Å²) in [6.07, 6.45) is 27.8. The standard InChI is InChI=1S/C40H65N2P2Si.C5H5.Fe/c1-45(2,3)34-22-33(35(23-34)40(43,36-8-4-6-10-41-36)37-9-5-7-11-42-37)24-44(38-29-14-25-12-26(16-29)17-30(38)15-25)39-31-18-27-13-28(20-31)21-32(39)19-27;1-2-4-5-3-1;/h22-23,25-32,36-39,41-42H,4-21,24,43H2,1-3H3;1-5H;. The van der Waals surface area contributed by atoms with Gasteiger partial charge >= 0.3 is 306 Å². The minimum atomic E-state index is -4.07. The van der Waals surface area contributed by atoms with E-state index in [0.29, 0.717) is 5.16 Å². The Morgan fingerprint density at radius 3 is 1.41 bits per heavy atom. The van der Waals surface area contributed by atoms with Crippen molar-refractivity contribution >= 4 is 25.2 Å². The van der Waals surface area contributed by atoms with E-state index in [0.717, 1.165) is 48.3 Å². The first-order valence-corrected chi connectivity index (χ1v) is 35.5. The average molecular weight is 785 g/mol. The second kappa shape index (κ2) is 5.30. The summed E-state index contributed by atoms with van der Waals surface area (Å²) in [5.74, 6) is 9.34. The molecule has 20 rings (SSSR count). The van der Waals surface area contributed by atoms with Gasteiger partial charge in [-0.3, -0.25) is 0 Å². The van der Waals surface area contributed by atoms with Crippen molar-refractivity contribution in [2.45, 2.75) is 197 Å². The molecule has 20 fully saturated rings. The molecule has 1 spiro atoms. The molecule has 0 aromatic carbocycles. The molecular formula is C45H70FeN2P2Si. The van der Waals surface area contributed by atoms with E-state index in [4.69, 9.17) is 0 Å². The Bertz CT molecular complexity index is 2030. The molecule has 8 bridgehead atoms. The number of fused-ring (bicyclic) bond motifs is 10. The van der Waals surface area contributed by atoms with Gasteiger partial charge in [-0.1, -0.05) is 0 Å². The summed E-state index contributed by atoms with van der Waals surface area (Å²) < 4.78 is 2.94. The van der Waals surface area contributed by atoms with Crippen LogP contribution in [0.25, 0.3) is 0 Å². The summed E-state index contributed by atoms with van der Waals surface area (Å²) in [6.45, 7) is 7.66. The van der Waals surface area contributed by atoms with E-state index in [1.165, 1.54) is 120 Å². The second-order valence-electron chi connectivity index (χ2n) is 27.7. The zero-order chi connectivity index (χ0) is 33.2. The van der Waals surface area contributed by atoms with Gasteiger partial charge in [0.2, 0.25) is 0 Å². The van der Waals surface area contributed by atoms with Crippen LogP contribution >= 0.6 is 17.2 Å². The van der Waals surface area contributed by atoms with Crippen LogP contribution in [-0.4, -0.2) is 55.9 Å². The Kier molecular flexibility index (Phi) is 3.00. The van der Waals surface area contributed by atoms with Crippen molar-refractivity contribution in [1.82, 2.24) is 10.6 Å². The van der Waals surface area contributed by atoms with Crippen LogP contribution in [0.15, 0.2) is 0 Å². The quantitative estimate of drug-likeness (QED) is 0.189. The zero-order valence-electron chi connectivity index (χ0n) is 32.3. The van der Waals surface area contributed by atoms with Gasteiger partial charge in [0, 0.05) is 0 Å². The summed E-state index contributed by atoms with van der Waals surface area (Å²) >= 11 is 0. The van der Waals surface area contributed by atoms with Gasteiger partial charge in [-0.05, 0) is 0 Å². The van der Waals surface area contributed by atoms with Gasteiger partial charge in [-0.25, -0.2) is 0 Å². The van der Waals surface area contributed by atoms with Crippen LogP contribution in [0.5, 0.6) is 0 Å². The summed E-state index contributed by atoms with van der Waals surface area (Å²) in [4.78, 5) is 9.94. The first-order valence-electron chi connectivity index (χ1n) is 23.7. The van der Waals surface area contributed by atoms with E-state index in [1.54, 1.807) is 64.2 Å². The molecule has 20 aliphatic rings. The molecule has 8 aliphatic carbocycles. The predicted molar refractivity (Wildman–Crippen MR) is 215 cm³/mol. The third kappa shape index (κ3) is 0.994. The molecule has 8 atom stereocenters. The monoisotopic (exact) mass is 784 g/mol. The molecule has 51 heavy (non-hydrogen) atoms. The zero-order valence-corrected chi connectivity index (χ0v) is 36.4. The Morgan fingerprint density at radius 2 is 1.06 bits per heavy atom. The van der Waals surface area contributed by atoms with E-state index < -0.39 is 14.6 Å². The average Bonchev–Trinajstić information content (AvgIpc) is 4.06. The van der Waals surface area contributed by atoms with Gasteiger partial charge in [0.25, 0.3) is 0 Å². The molecule has 282 valence electrons. The second-order valence-corrected chi connectivity index (χ2v) is 60.0. The van der Waals surface area contributed by atoms with Crippen LogP contribution in [0.3, 0.4) is 0 Å². The molecular weight excluding hydrogens is 714 g/mol. The maximum absolute atomic E-state index is 4.50. The summed E-state index contributed by atoms with van der Waals surface area (Å²) in [6, 6.07) is 1.60. The first-order chi connectivity index (χ1) is 24.5. The van der Waals surface area contributed by atoms with Crippen molar-refractivity contribution in [3.8, 4) is 0 Å². The van der Waals surface area contributed by atoms with Gasteiger partial charge in [-0.2, -0.15) is 0 Å². The molecule has 12 saturated heterocycles. The van der Waals surface area contributed by atoms with Crippen molar-refractivity contribution in [3.05, 3.63) is 0 Å². The Hall–Kier alpha value is 1.52. The van der Waals surface area contributed by atoms with Crippen molar-refractivity contribution in [2.24, 2.45) is 47.3 Å². The Labute approximate surface area is 304 Å². The number of piperidine rings is 2. The molecule has 0 amide bonds. The first kappa shape index (κ1) is 28.8. The molecule has 8 unspecified atom stereocenters. The van der Waals surface area contributed by atoms with Crippen LogP contribution < -0.4 is 10.6 Å². The molecule has 0 aromatic rings. The fourth-order valence-corrected chi connectivity index (χ4v) is 152. The van der Waals surface area contributed by atoms with Gasteiger partial charge < -0.3 is 0 Å². The number of hydrogen-bond donors (Lipinski definition) is 2. The van der Waals surface area contributed by atoms with Crippen LogP contribution in [0.4, 0.5) is 0 Å². The maximum atomic E-state index is 4.50. The van der Waals surface area contributed by atoms with Gasteiger partial charge in [-0.15, -0.1) is 0 Å². The molecule has 2 nitrogen and oxygen atoms in total. The minimum absolute atomic E-state index is 0.162. The van der Waals surface area contributed by atoms with Crippen molar-refractivity contribution in [3.63, 3.8) is 0 Å². The molecule has 2 N–H and O–H groups in total. The van der Waals surface area contributed by atoms with E-state index in [-0.39, 0.29) is 7.92 Å². The fraction of sp³-hybridized carbons (Fsp3) is 1.00. The van der Waals surface area contributed by atoms with Crippen LogP contribution in [0.1, 0.15) is 103 Å². The predicted octanol–water partition coefficient (Wildman–Crippen LogP) is 11.4. The molecule has 12 aliphatic heterocycles. The SMILES string of the molecule is C[Si](C)(C)[C]12[CH]3[C]4(CP(C5C6CC7CC(C6)CC5C7)C5C6CC7CC(C6)CC5C7)[C]5(C(P)(C6CCCCN6)C6CCCCN6)[CH]1[Fe]34521678[CH]2[CH]1[CH]6[CH]7[CH]28. The topological polar surface area (TPSA) is 24.1 Å². The third-order valence-corrected chi connectivity index (χ3v) is 89.5. The third-order valence-electron chi connectivity index (χ3n) is 30.3. The Morgan fingerprint density at radius 1 is 0.627 bits per heavy atom. The van der Waals surface area contributed by atoms with E-state index in [2.05, 4.69) is 39.5 Å². The fourth-order valence-electron chi connectivity index (χ4n) is 34.0. The van der Waals surface area contributed by atoms with Crippen molar-refractivity contribution in [1.29, 1.82) is 0 Å². The van der Waals surface area contributed by atoms with Crippen LogP contribution in [0.2, 0.25) is 65.9 Å². The molecule has 8 saturated carbocycles. The number of nitrogens with one attached hydrogen (secondary N) is 2. The Balaban J connectivity index is 0.895. The molecule has 0 aromatic heterocycles. The van der Waals surface area contributed by atoms with E-state index >= 15 is 0 Å². The van der Waals surface area contributed by atoms with Crippen LogP contribution in [0, 0.1) is 47.3 Å². The van der Waals surface area contributed by atoms with E-state index in [9.17, 15) is 0 Å².